The average Bonchev–Trinajstić information content (AvgIpc) is 2.72. The number of nitrogens with zero attached hydrogens (tertiary/aromatic N) is 1. The van der Waals surface area contributed by atoms with E-state index in [9.17, 15) is 19.5 Å². The number of carbonyl (C=O) groups excluding carboxylic acids is 3. The first-order valence-electron chi connectivity index (χ1n) is 5.89. The number of aromatic carboxylic acids is 1. The van der Waals surface area contributed by atoms with E-state index in [0.29, 0.717) is 16.8 Å². The minimum atomic E-state index is -1.31. The molecule has 0 atom stereocenters. The standard InChI is InChI=1S/C15H9NO4.Li/c17-13-11-3-1-2-4-12(11)14(18)16(13)10-7-5-9(6-8-10)15(19)20;/h1-8H,(H,19,20);/q;+1/p-1. The van der Waals surface area contributed by atoms with Gasteiger partial charge in [0, 0.05) is 0 Å². The Balaban J connectivity index is 0.00000161. The number of fused-ring (bicyclic) bond motifs is 1. The van der Waals surface area contributed by atoms with Gasteiger partial charge >= 0.3 is 18.9 Å². The normalized spacial score (nSPS) is 12.9. The van der Waals surface area contributed by atoms with Crippen LogP contribution in [0.2, 0.25) is 0 Å². The quantitative estimate of drug-likeness (QED) is 0.462. The van der Waals surface area contributed by atoms with Gasteiger partial charge in [0.15, 0.2) is 0 Å². The molecule has 2 amide bonds. The van der Waals surface area contributed by atoms with Crippen molar-refractivity contribution in [2.24, 2.45) is 0 Å². The number of imide groups is 1. The second-order valence-electron chi connectivity index (χ2n) is 4.33. The summed E-state index contributed by atoms with van der Waals surface area (Å²) in [4.78, 5) is 36.1. The zero-order chi connectivity index (χ0) is 14.3. The molecule has 98 valence electrons. The van der Waals surface area contributed by atoms with Gasteiger partial charge < -0.3 is 9.90 Å². The van der Waals surface area contributed by atoms with Gasteiger partial charge in [-0.2, -0.15) is 0 Å². The maximum absolute atomic E-state index is 12.2. The van der Waals surface area contributed by atoms with E-state index in [0.717, 1.165) is 4.90 Å². The van der Waals surface area contributed by atoms with Crippen LogP contribution in [0.25, 0.3) is 0 Å². The van der Waals surface area contributed by atoms with Crippen molar-refractivity contribution in [2.75, 3.05) is 4.90 Å². The summed E-state index contributed by atoms with van der Waals surface area (Å²) >= 11 is 0. The minimum absolute atomic E-state index is 0. The second kappa shape index (κ2) is 5.56. The molecule has 0 unspecified atom stereocenters. The van der Waals surface area contributed by atoms with Crippen LogP contribution in [0.15, 0.2) is 48.5 Å². The van der Waals surface area contributed by atoms with Crippen molar-refractivity contribution in [3.05, 3.63) is 65.2 Å². The molecule has 0 radical (unpaired) electrons. The van der Waals surface area contributed by atoms with Crippen LogP contribution < -0.4 is 28.9 Å². The van der Waals surface area contributed by atoms with Gasteiger partial charge in [-0.05, 0) is 29.8 Å². The van der Waals surface area contributed by atoms with Crippen molar-refractivity contribution in [3.63, 3.8) is 0 Å². The molecule has 0 saturated carbocycles. The Labute approximate surface area is 132 Å². The van der Waals surface area contributed by atoms with Crippen molar-refractivity contribution in [3.8, 4) is 0 Å². The first-order valence-corrected chi connectivity index (χ1v) is 5.89. The molecule has 2 aromatic rings. The van der Waals surface area contributed by atoms with Crippen LogP contribution in [0, 0.1) is 0 Å². The summed E-state index contributed by atoms with van der Waals surface area (Å²) < 4.78 is 0. The van der Waals surface area contributed by atoms with Crippen molar-refractivity contribution in [1.29, 1.82) is 0 Å². The van der Waals surface area contributed by atoms with E-state index in [1.54, 1.807) is 24.3 Å². The zero-order valence-electron chi connectivity index (χ0n) is 11.2. The summed E-state index contributed by atoms with van der Waals surface area (Å²) in [5, 5.41) is 10.7. The third-order valence-electron chi connectivity index (χ3n) is 3.16. The van der Waals surface area contributed by atoms with Gasteiger partial charge in [0.2, 0.25) is 0 Å². The summed E-state index contributed by atoms with van der Waals surface area (Å²) in [5.74, 6) is -2.13. The van der Waals surface area contributed by atoms with E-state index in [4.69, 9.17) is 0 Å². The van der Waals surface area contributed by atoms with Crippen LogP contribution in [0.4, 0.5) is 5.69 Å². The summed E-state index contributed by atoms with van der Waals surface area (Å²) in [6, 6.07) is 12.0. The first-order chi connectivity index (χ1) is 9.59. The molecule has 0 saturated heterocycles. The molecule has 1 aliphatic heterocycles. The Kier molecular flexibility index (Phi) is 3.99. The molecular weight excluding hydrogens is 265 g/mol. The minimum Gasteiger partial charge on any atom is -0.545 e. The maximum atomic E-state index is 12.2. The number of hydrogen-bond acceptors (Lipinski definition) is 4. The number of carbonyl (C=O) groups is 3. The Morgan fingerprint density at radius 3 is 1.76 bits per heavy atom. The van der Waals surface area contributed by atoms with Gasteiger partial charge in [0.05, 0.1) is 22.8 Å². The van der Waals surface area contributed by atoms with Crippen molar-refractivity contribution in [1.82, 2.24) is 0 Å². The fraction of sp³-hybridized carbons (Fsp3) is 0. The SMILES string of the molecule is O=C([O-])c1ccc(N2C(=O)c3ccccc3C2=O)cc1.[Li+]. The van der Waals surface area contributed by atoms with E-state index < -0.39 is 17.8 Å². The Hall–Kier alpha value is -2.35. The molecule has 21 heavy (non-hydrogen) atoms. The van der Waals surface area contributed by atoms with Gasteiger partial charge in [0.25, 0.3) is 11.8 Å². The topological polar surface area (TPSA) is 77.5 Å². The van der Waals surface area contributed by atoms with Crippen LogP contribution in [-0.2, 0) is 0 Å². The van der Waals surface area contributed by atoms with E-state index in [2.05, 4.69) is 0 Å². The Bertz CT molecular complexity index is 705. The molecule has 3 rings (SSSR count). The Morgan fingerprint density at radius 2 is 1.33 bits per heavy atom. The number of hydrogen-bond donors (Lipinski definition) is 0. The molecule has 2 aromatic carbocycles. The van der Waals surface area contributed by atoms with Crippen LogP contribution >= 0.6 is 0 Å². The van der Waals surface area contributed by atoms with Gasteiger partial charge in [-0.1, -0.05) is 24.3 Å². The third-order valence-corrected chi connectivity index (χ3v) is 3.16. The van der Waals surface area contributed by atoms with Gasteiger partial charge in [-0.3, -0.25) is 9.59 Å². The molecule has 0 fully saturated rings. The fourth-order valence-corrected chi connectivity index (χ4v) is 2.17. The Morgan fingerprint density at radius 1 is 0.857 bits per heavy atom. The van der Waals surface area contributed by atoms with E-state index in [1.807, 2.05) is 0 Å². The van der Waals surface area contributed by atoms with Crippen molar-refractivity contribution < 1.29 is 38.4 Å². The van der Waals surface area contributed by atoms with E-state index >= 15 is 0 Å². The molecule has 0 N–H and O–H groups in total. The van der Waals surface area contributed by atoms with Crippen LogP contribution in [0.5, 0.6) is 0 Å². The summed E-state index contributed by atoms with van der Waals surface area (Å²) in [7, 11) is 0. The number of anilines is 1. The zero-order valence-corrected chi connectivity index (χ0v) is 11.2. The molecular formula is C15H8LiNO4. The van der Waals surface area contributed by atoms with Crippen molar-refractivity contribution >= 4 is 23.5 Å². The maximum Gasteiger partial charge on any atom is 1.00 e. The largest absolute Gasteiger partial charge is 1.00 e. The van der Waals surface area contributed by atoms with E-state index in [-0.39, 0.29) is 24.4 Å². The van der Waals surface area contributed by atoms with E-state index in [1.165, 1.54) is 24.3 Å². The molecule has 1 aliphatic rings. The summed E-state index contributed by atoms with van der Waals surface area (Å²) in [5.41, 5.74) is 1.02. The molecule has 1 heterocycles. The molecule has 0 aliphatic carbocycles. The van der Waals surface area contributed by atoms with Crippen LogP contribution in [0.1, 0.15) is 31.1 Å². The molecule has 0 aromatic heterocycles. The number of amides is 2. The average molecular weight is 273 g/mol. The fourth-order valence-electron chi connectivity index (χ4n) is 2.17. The predicted molar refractivity (Wildman–Crippen MR) is 68.4 cm³/mol. The molecule has 6 heteroatoms. The smallest absolute Gasteiger partial charge is 0.545 e. The molecule has 0 bridgehead atoms. The number of benzene rings is 2. The van der Waals surface area contributed by atoms with Gasteiger partial charge in [0.1, 0.15) is 0 Å². The number of rotatable bonds is 2. The second-order valence-corrected chi connectivity index (χ2v) is 4.33. The van der Waals surface area contributed by atoms with Crippen molar-refractivity contribution in [2.45, 2.75) is 0 Å². The van der Waals surface area contributed by atoms with Gasteiger partial charge in [-0.25, -0.2) is 4.90 Å². The van der Waals surface area contributed by atoms with Crippen LogP contribution in [0.3, 0.4) is 0 Å². The van der Waals surface area contributed by atoms with Crippen LogP contribution in [-0.4, -0.2) is 17.8 Å². The molecule has 0 spiro atoms. The predicted octanol–water partition coefficient (Wildman–Crippen LogP) is -2.15. The number of carboxylic acids is 1. The summed E-state index contributed by atoms with van der Waals surface area (Å²) in [6.45, 7) is 0. The van der Waals surface area contributed by atoms with Gasteiger partial charge in [-0.15, -0.1) is 0 Å². The first kappa shape index (κ1) is 15.0. The molecule has 5 nitrogen and oxygen atoms in total. The summed E-state index contributed by atoms with van der Waals surface area (Å²) in [6.07, 6.45) is 0. The third kappa shape index (κ3) is 2.38. The monoisotopic (exact) mass is 273 g/mol. The number of carboxylic acid groups (broad SMARTS) is 1.